The second-order valence-electron chi connectivity index (χ2n) is 4.20. The zero-order valence-electron chi connectivity index (χ0n) is 11.1. The van der Waals surface area contributed by atoms with E-state index in [0.717, 1.165) is 0 Å². The maximum absolute atomic E-state index is 12.5. The molecule has 0 spiro atoms. The molecule has 0 aliphatic heterocycles. The second-order valence-corrected chi connectivity index (χ2v) is 4.20. The second kappa shape index (κ2) is 5.81. The van der Waals surface area contributed by atoms with Gasteiger partial charge in [0.2, 0.25) is 0 Å². The van der Waals surface area contributed by atoms with E-state index < -0.39 is 12.4 Å². The normalized spacial score (nSPS) is 10.8. The fraction of sp³-hybridized carbons (Fsp3) is 0.286. The molecule has 0 radical (unpaired) electrons. The standard InChI is InChI=1S/C14H14F2N2O2/c1-3-20-14(19)12-9(2)8-17-18(12)11-6-4-10(5-7-11)13(15)16/h4-8,13H,3H2,1-2H3. The van der Waals surface area contributed by atoms with Crippen LogP contribution in [0, 0.1) is 6.92 Å². The number of rotatable bonds is 4. The van der Waals surface area contributed by atoms with Crippen molar-refractivity contribution in [3.05, 3.63) is 47.3 Å². The zero-order valence-corrected chi connectivity index (χ0v) is 11.1. The van der Waals surface area contributed by atoms with Crippen molar-refractivity contribution < 1.29 is 18.3 Å². The first-order valence-corrected chi connectivity index (χ1v) is 6.14. The molecule has 106 valence electrons. The van der Waals surface area contributed by atoms with E-state index >= 15 is 0 Å². The van der Waals surface area contributed by atoms with Gasteiger partial charge in [-0.2, -0.15) is 5.10 Å². The number of halogens is 2. The van der Waals surface area contributed by atoms with Crippen LogP contribution in [-0.2, 0) is 4.74 Å². The van der Waals surface area contributed by atoms with Gasteiger partial charge in [-0.15, -0.1) is 0 Å². The van der Waals surface area contributed by atoms with Gasteiger partial charge in [-0.25, -0.2) is 18.3 Å². The third-order valence-corrected chi connectivity index (χ3v) is 2.81. The first kappa shape index (κ1) is 14.2. The predicted octanol–water partition coefficient (Wildman–Crippen LogP) is 3.30. The summed E-state index contributed by atoms with van der Waals surface area (Å²) in [5, 5.41) is 4.09. The zero-order chi connectivity index (χ0) is 14.7. The number of carbonyl (C=O) groups is 1. The largest absolute Gasteiger partial charge is 0.461 e. The highest BCUT2D eigenvalue weighted by molar-refractivity contribution is 5.89. The van der Waals surface area contributed by atoms with Crippen LogP contribution >= 0.6 is 0 Å². The third-order valence-electron chi connectivity index (χ3n) is 2.81. The molecule has 0 amide bonds. The van der Waals surface area contributed by atoms with Crippen LogP contribution in [0.2, 0.25) is 0 Å². The molecule has 0 bridgehead atoms. The van der Waals surface area contributed by atoms with Gasteiger partial charge in [-0.3, -0.25) is 0 Å². The summed E-state index contributed by atoms with van der Waals surface area (Å²) in [6.07, 6.45) is -0.985. The Hall–Kier alpha value is -2.24. The number of carbonyl (C=O) groups excluding carboxylic acids is 1. The molecule has 0 N–H and O–H groups in total. The van der Waals surface area contributed by atoms with E-state index in [4.69, 9.17) is 4.74 Å². The van der Waals surface area contributed by atoms with Crippen molar-refractivity contribution in [2.45, 2.75) is 20.3 Å². The molecule has 6 heteroatoms. The predicted molar refractivity (Wildman–Crippen MR) is 69.2 cm³/mol. The molecule has 4 nitrogen and oxygen atoms in total. The van der Waals surface area contributed by atoms with E-state index in [1.807, 2.05) is 0 Å². The van der Waals surface area contributed by atoms with Gasteiger partial charge in [0.25, 0.3) is 6.43 Å². The number of hydrogen-bond donors (Lipinski definition) is 0. The number of nitrogens with zero attached hydrogens (tertiary/aromatic N) is 2. The summed E-state index contributed by atoms with van der Waals surface area (Å²) in [5.74, 6) is -0.486. The Bertz CT molecular complexity index is 606. The quantitative estimate of drug-likeness (QED) is 0.807. The van der Waals surface area contributed by atoms with Gasteiger partial charge in [-0.1, -0.05) is 12.1 Å². The van der Waals surface area contributed by atoms with Crippen LogP contribution in [0.1, 0.15) is 35.0 Å². The number of benzene rings is 1. The van der Waals surface area contributed by atoms with Gasteiger partial charge in [0.15, 0.2) is 5.69 Å². The summed E-state index contributed by atoms with van der Waals surface area (Å²) >= 11 is 0. The number of aromatic nitrogens is 2. The Morgan fingerprint density at radius 1 is 1.35 bits per heavy atom. The summed E-state index contributed by atoms with van der Waals surface area (Å²) in [5.41, 5.74) is 1.43. The minimum atomic E-state index is -2.52. The Morgan fingerprint density at radius 2 is 2.00 bits per heavy atom. The van der Waals surface area contributed by atoms with Gasteiger partial charge in [0.1, 0.15) is 0 Å². The Morgan fingerprint density at radius 3 is 2.55 bits per heavy atom. The van der Waals surface area contributed by atoms with E-state index in [1.165, 1.54) is 35.1 Å². The van der Waals surface area contributed by atoms with Gasteiger partial charge in [0.05, 0.1) is 18.5 Å². The molecule has 0 atom stereocenters. The molecule has 0 unspecified atom stereocenters. The molecule has 0 saturated carbocycles. The van der Waals surface area contributed by atoms with E-state index in [1.54, 1.807) is 13.8 Å². The SMILES string of the molecule is CCOC(=O)c1c(C)cnn1-c1ccc(C(F)F)cc1. The van der Waals surface area contributed by atoms with Crippen molar-refractivity contribution in [1.82, 2.24) is 9.78 Å². The van der Waals surface area contributed by atoms with Crippen LogP contribution in [0.3, 0.4) is 0 Å². The van der Waals surface area contributed by atoms with Crippen molar-refractivity contribution in [3.63, 3.8) is 0 Å². The van der Waals surface area contributed by atoms with Gasteiger partial charge in [-0.05, 0) is 26.0 Å². The summed E-state index contributed by atoms with van der Waals surface area (Å²) in [7, 11) is 0. The average Bonchev–Trinajstić information content (AvgIpc) is 2.81. The van der Waals surface area contributed by atoms with Crippen LogP contribution in [0.5, 0.6) is 0 Å². The van der Waals surface area contributed by atoms with Crippen LogP contribution in [0.15, 0.2) is 30.5 Å². The lowest BCUT2D eigenvalue weighted by Gasteiger charge is -2.08. The van der Waals surface area contributed by atoms with E-state index in [-0.39, 0.29) is 12.2 Å². The fourth-order valence-electron chi connectivity index (χ4n) is 1.83. The molecular formula is C14H14F2N2O2. The van der Waals surface area contributed by atoms with Crippen LogP contribution in [0.4, 0.5) is 8.78 Å². The maximum Gasteiger partial charge on any atom is 0.357 e. The van der Waals surface area contributed by atoms with Crippen LogP contribution in [0.25, 0.3) is 5.69 Å². The highest BCUT2D eigenvalue weighted by Crippen LogP contribution is 2.21. The van der Waals surface area contributed by atoms with Crippen molar-refractivity contribution in [2.24, 2.45) is 0 Å². The summed E-state index contributed by atoms with van der Waals surface area (Å²) < 4.78 is 31.4. The van der Waals surface area contributed by atoms with Gasteiger partial charge in [0, 0.05) is 11.1 Å². The minimum absolute atomic E-state index is 0.0738. The molecule has 0 aliphatic rings. The topological polar surface area (TPSA) is 44.1 Å². The molecule has 0 fully saturated rings. The number of alkyl halides is 2. The fourth-order valence-corrected chi connectivity index (χ4v) is 1.83. The highest BCUT2D eigenvalue weighted by atomic mass is 19.3. The lowest BCUT2D eigenvalue weighted by molar-refractivity contribution is 0.0515. The lowest BCUT2D eigenvalue weighted by atomic mass is 10.2. The van der Waals surface area contributed by atoms with Crippen LogP contribution in [-0.4, -0.2) is 22.4 Å². The smallest absolute Gasteiger partial charge is 0.357 e. The molecule has 20 heavy (non-hydrogen) atoms. The molecule has 2 rings (SSSR count). The van der Waals surface area contributed by atoms with Gasteiger partial charge >= 0.3 is 5.97 Å². The van der Waals surface area contributed by atoms with Crippen molar-refractivity contribution in [3.8, 4) is 5.69 Å². The highest BCUT2D eigenvalue weighted by Gasteiger charge is 2.18. The molecular weight excluding hydrogens is 266 g/mol. The van der Waals surface area contributed by atoms with Crippen molar-refractivity contribution in [2.75, 3.05) is 6.61 Å². The lowest BCUT2D eigenvalue weighted by Crippen LogP contribution is -2.13. The summed E-state index contributed by atoms with van der Waals surface area (Å²) in [6, 6.07) is 5.62. The molecule has 0 saturated heterocycles. The maximum atomic E-state index is 12.5. The van der Waals surface area contributed by atoms with E-state index in [2.05, 4.69) is 5.10 Å². The molecule has 1 aromatic carbocycles. The Balaban J connectivity index is 2.40. The van der Waals surface area contributed by atoms with Crippen molar-refractivity contribution >= 4 is 5.97 Å². The molecule has 0 aliphatic carbocycles. The third kappa shape index (κ3) is 2.68. The summed E-state index contributed by atoms with van der Waals surface area (Å²) in [4.78, 5) is 11.9. The molecule has 2 aromatic rings. The monoisotopic (exact) mass is 280 g/mol. The van der Waals surface area contributed by atoms with Crippen LogP contribution < -0.4 is 0 Å². The summed E-state index contributed by atoms with van der Waals surface area (Å²) in [6.45, 7) is 3.71. The van der Waals surface area contributed by atoms with Gasteiger partial charge < -0.3 is 4.74 Å². The first-order chi connectivity index (χ1) is 9.54. The van der Waals surface area contributed by atoms with E-state index in [0.29, 0.717) is 16.9 Å². The number of ether oxygens (including phenoxy) is 1. The number of esters is 1. The van der Waals surface area contributed by atoms with Crippen molar-refractivity contribution in [1.29, 1.82) is 0 Å². The Labute approximate surface area is 115 Å². The molecule has 1 aromatic heterocycles. The Kier molecular flexibility index (Phi) is 4.12. The average molecular weight is 280 g/mol. The number of hydrogen-bond acceptors (Lipinski definition) is 3. The minimum Gasteiger partial charge on any atom is -0.461 e. The number of aryl methyl sites for hydroxylation is 1. The van der Waals surface area contributed by atoms with E-state index in [9.17, 15) is 13.6 Å². The molecule has 1 heterocycles. The first-order valence-electron chi connectivity index (χ1n) is 6.14.